The van der Waals surface area contributed by atoms with Gasteiger partial charge in [0.05, 0.1) is 19.8 Å². The van der Waals surface area contributed by atoms with Crippen molar-refractivity contribution < 1.29 is 9.47 Å². The van der Waals surface area contributed by atoms with Gasteiger partial charge in [0.1, 0.15) is 6.61 Å². The number of nitrogens with zero attached hydrogens (tertiary/aromatic N) is 2. The molecule has 1 heterocycles. The van der Waals surface area contributed by atoms with Crippen LogP contribution < -0.4 is 4.90 Å². The summed E-state index contributed by atoms with van der Waals surface area (Å²) >= 11 is 1.84. The first-order chi connectivity index (χ1) is 20.2. The summed E-state index contributed by atoms with van der Waals surface area (Å²) in [5.74, 6) is 7.44. The first-order valence-electron chi connectivity index (χ1n) is 14.6. The maximum atomic E-state index is 5.79. The average molecular weight is 565 g/mol. The van der Waals surface area contributed by atoms with Gasteiger partial charge in [-0.3, -0.25) is 0 Å². The fourth-order valence-electron chi connectivity index (χ4n) is 5.29. The summed E-state index contributed by atoms with van der Waals surface area (Å²) in [5, 5.41) is 2.58. The number of thioether (sulfide) groups is 1. The molecule has 0 aromatic heterocycles. The van der Waals surface area contributed by atoms with Gasteiger partial charge in [-0.2, -0.15) is 0 Å². The predicted molar refractivity (Wildman–Crippen MR) is 174 cm³/mol. The van der Waals surface area contributed by atoms with Crippen LogP contribution in [0.3, 0.4) is 0 Å². The van der Waals surface area contributed by atoms with Gasteiger partial charge in [-0.25, -0.2) is 0 Å². The van der Waals surface area contributed by atoms with Crippen molar-refractivity contribution in [3.8, 4) is 11.8 Å². The number of fused-ring (bicyclic) bond motifs is 3. The summed E-state index contributed by atoms with van der Waals surface area (Å²) in [6, 6.07) is 30.5. The van der Waals surface area contributed by atoms with Crippen molar-refractivity contribution in [1.82, 2.24) is 4.90 Å². The van der Waals surface area contributed by atoms with Gasteiger partial charge in [0, 0.05) is 34.1 Å². The monoisotopic (exact) mass is 564 g/mol. The summed E-state index contributed by atoms with van der Waals surface area (Å²) in [6.45, 7) is 4.29. The molecule has 4 aromatic carbocycles. The van der Waals surface area contributed by atoms with E-state index >= 15 is 0 Å². The van der Waals surface area contributed by atoms with Gasteiger partial charge in [0.15, 0.2) is 0 Å². The summed E-state index contributed by atoms with van der Waals surface area (Å²) < 4.78 is 11.5. The van der Waals surface area contributed by atoms with Crippen LogP contribution in [0.1, 0.15) is 23.1 Å². The Morgan fingerprint density at radius 2 is 1.59 bits per heavy atom. The largest absolute Gasteiger partial charge is 0.378 e. The Morgan fingerprint density at radius 3 is 2.49 bits per heavy atom. The second kappa shape index (κ2) is 15.1. The van der Waals surface area contributed by atoms with Crippen LogP contribution in [0.15, 0.2) is 89.8 Å². The molecule has 4 nitrogen and oxygen atoms in total. The normalized spacial score (nSPS) is 12.5. The molecule has 5 rings (SSSR count). The van der Waals surface area contributed by atoms with E-state index in [0.717, 1.165) is 43.7 Å². The van der Waals surface area contributed by atoms with Gasteiger partial charge in [-0.1, -0.05) is 72.5 Å². The van der Waals surface area contributed by atoms with E-state index in [9.17, 15) is 0 Å². The number of hydrogen-bond acceptors (Lipinski definition) is 5. The van der Waals surface area contributed by atoms with Gasteiger partial charge >= 0.3 is 0 Å². The Kier molecular flexibility index (Phi) is 10.8. The van der Waals surface area contributed by atoms with Gasteiger partial charge in [0.25, 0.3) is 0 Å². The van der Waals surface area contributed by atoms with Crippen molar-refractivity contribution in [2.75, 3.05) is 64.3 Å². The average Bonchev–Trinajstić information content (AvgIpc) is 3.14. The molecule has 4 aromatic rings. The Hall–Kier alpha value is -3.27. The van der Waals surface area contributed by atoms with Gasteiger partial charge in [0.2, 0.25) is 0 Å². The lowest BCUT2D eigenvalue weighted by Crippen LogP contribution is -2.24. The van der Waals surface area contributed by atoms with Crippen LogP contribution in [0.5, 0.6) is 0 Å². The maximum Gasteiger partial charge on any atom is 0.108 e. The number of benzene rings is 4. The standard InChI is InChI=1S/C36H40N2O2S/c1-37(2)21-9-22-38-34-15-6-4-12-31(34)19-20-32-18-17-29(28-35(32)38)10-8-23-39-24-25-40-26-27-41-36-16-7-13-30-11-3-5-14-33(30)36/h3-7,11-18,28H,9,19-27H2,1-2H3. The number of hydrogen-bond donors (Lipinski definition) is 0. The van der Waals surface area contributed by atoms with Crippen molar-refractivity contribution in [3.63, 3.8) is 0 Å². The lowest BCUT2D eigenvalue weighted by Gasteiger charge is -2.28. The SMILES string of the molecule is CN(C)CCCN1c2ccccc2CCc2ccc(C#CCOCCOCCSc3cccc4ccccc34)cc21. The summed E-state index contributed by atoms with van der Waals surface area (Å²) in [5.41, 5.74) is 6.46. The third-order valence-corrected chi connectivity index (χ3v) is 8.36. The molecule has 1 aliphatic heterocycles. The zero-order valence-electron chi connectivity index (χ0n) is 24.3. The molecule has 0 fully saturated rings. The zero-order chi connectivity index (χ0) is 28.3. The minimum absolute atomic E-state index is 0.403. The second-order valence-electron chi connectivity index (χ2n) is 10.6. The van der Waals surface area contributed by atoms with Crippen molar-refractivity contribution in [1.29, 1.82) is 0 Å². The van der Waals surface area contributed by atoms with Crippen LogP contribution in [-0.4, -0.2) is 64.3 Å². The predicted octanol–water partition coefficient (Wildman–Crippen LogP) is 7.21. The first-order valence-corrected chi connectivity index (χ1v) is 15.6. The highest BCUT2D eigenvalue weighted by atomic mass is 32.2. The molecule has 0 saturated heterocycles. The van der Waals surface area contributed by atoms with Crippen molar-refractivity contribution in [2.45, 2.75) is 24.2 Å². The van der Waals surface area contributed by atoms with E-state index in [1.54, 1.807) is 0 Å². The number of ether oxygens (including phenoxy) is 2. The zero-order valence-corrected chi connectivity index (χ0v) is 25.1. The van der Waals surface area contributed by atoms with E-state index in [1.165, 1.54) is 38.2 Å². The number of rotatable bonds is 12. The molecular weight excluding hydrogens is 524 g/mol. The Morgan fingerprint density at radius 1 is 0.805 bits per heavy atom. The summed E-state index contributed by atoms with van der Waals surface area (Å²) in [6.07, 6.45) is 3.22. The highest BCUT2D eigenvalue weighted by Crippen LogP contribution is 2.36. The van der Waals surface area contributed by atoms with Gasteiger partial charge in [-0.05, 0) is 86.1 Å². The van der Waals surface area contributed by atoms with E-state index in [2.05, 4.69) is 121 Å². The molecule has 0 radical (unpaired) electrons. The first kappa shape index (κ1) is 29.2. The lowest BCUT2D eigenvalue weighted by molar-refractivity contribution is 0.0674. The van der Waals surface area contributed by atoms with Gasteiger partial charge < -0.3 is 19.3 Å². The summed E-state index contributed by atoms with van der Waals surface area (Å²) in [7, 11) is 4.28. The fourth-order valence-corrected chi connectivity index (χ4v) is 6.23. The topological polar surface area (TPSA) is 24.9 Å². The van der Waals surface area contributed by atoms with Gasteiger partial charge in [-0.15, -0.1) is 11.8 Å². The minimum atomic E-state index is 0.403. The molecule has 212 valence electrons. The Bertz CT molecular complexity index is 1480. The van der Waals surface area contributed by atoms with E-state index < -0.39 is 0 Å². The minimum Gasteiger partial charge on any atom is -0.378 e. The quantitative estimate of drug-likeness (QED) is 0.103. The molecular formula is C36H40N2O2S. The third kappa shape index (κ3) is 8.15. The number of aryl methyl sites for hydroxylation is 2. The second-order valence-corrected chi connectivity index (χ2v) is 11.7. The molecule has 0 unspecified atom stereocenters. The van der Waals surface area contributed by atoms with E-state index in [4.69, 9.17) is 9.47 Å². The third-order valence-electron chi connectivity index (χ3n) is 7.32. The molecule has 5 heteroatoms. The lowest BCUT2D eigenvalue weighted by atomic mass is 10.0. The smallest absolute Gasteiger partial charge is 0.108 e. The molecule has 1 aliphatic rings. The summed E-state index contributed by atoms with van der Waals surface area (Å²) in [4.78, 5) is 6.05. The van der Waals surface area contributed by atoms with Crippen LogP contribution in [0.2, 0.25) is 0 Å². The molecule has 41 heavy (non-hydrogen) atoms. The maximum absolute atomic E-state index is 5.79. The molecule has 0 bridgehead atoms. The van der Waals surface area contributed by atoms with E-state index in [1.807, 2.05) is 11.8 Å². The molecule has 0 spiro atoms. The Labute approximate surface area is 249 Å². The van der Waals surface area contributed by atoms with Crippen LogP contribution in [0.4, 0.5) is 11.4 Å². The molecule has 0 amide bonds. The Balaban J connectivity index is 1.08. The number of para-hydroxylation sites is 1. The number of anilines is 2. The van der Waals surface area contributed by atoms with Crippen molar-refractivity contribution in [2.24, 2.45) is 0 Å². The highest BCUT2D eigenvalue weighted by Gasteiger charge is 2.20. The van der Waals surface area contributed by atoms with Crippen molar-refractivity contribution >= 4 is 33.9 Å². The van der Waals surface area contributed by atoms with Crippen LogP contribution >= 0.6 is 11.8 Å². The van der Waals surface area contributed by atoms with E-state index in [-0.39, 0.29) is 0 Å². The highest BCUT2D eigenvalue weighted by molar-refractivity contribution is 7.99. The fraction of sp³-hybridized carbons (Fsp3) is 0.333. The van der Waals surface area contributed by atoms with Crippen LogP contribution in [-0.2, 0) is 22.3 Å². The van der Waals surface area contributed by atoms with Crippen LogP contribution in [0.25, 0.3) is 10.8 Å². The van der Waals surface area contributed by atoms with Crippen molar-refractivity contribution in [3.05, 3.63) is 102 Å². The van der Waals surface area contributed by atoms with Crippen LogP contribution in [0, 0.1) is 11.8 Å². The molecule has 0 N–H and O–H groups in total. The molecule has 0 atom stereocenters. The van der Waals surface area contributed by atoms with E-state index in [0.29, 0.717) is 26.4 Å². The molecule has 0 saturated carbocycles. The molecule has 0 aliphatic carbocycles.